The van der Waals surface area contributed by atoms with E-state index >= 15 is 0 Å². The molecule has 0 atom stereocenters. The number of rotatable bonds is 6. The lowest BCUT2D eigenvalue weighted by molar-refractivity contribution is 0.601. The summed E-state index contributed by atoms with van der Waals surface area (Å²) in [6.45, 7) is 0. The number of aromatic amines is 1. The molecule has 3 aromatic carbocycles. The maximum atomic E-state index is 12.7. The van der Waals surface area contributed by atoms with Crippen molar-refractivity contribution in [1.29, 1.82) is 5.26 Å². The molecular weight excluding hydrogens is 462 g/mol. The molecule has 10 heteroatoms. The van der Waals surface area contributed by atoms with Crippen molar-refractivity contribution < 1.29 is 8.42 Å². The van der Waals surface area contributed by atoms with Gasteiger partial charge in [0, 0.05) is 34.0 Å². The van der Waals surface area contributed by atoms with Gasteiger partial charge in [0.2, 0.25) is 5.95 Å². The van der Waals surface area contributed by atoms with Crippen LogP contribution in [0.15, 0.2) is 90.1 Å². The molecule has 0 aliphatic heterocycles. The maximum absolute atomic E-state index is 12.7. The van der Waals surface area contributed by atoms with Crippen molar-refractivity contribution in [2.75, 3.05) is 15.8 Å². The van der Waals surface area contributed by atoms with Crippen LogP contribution in [0.5, 0.6) is 0 Å². The van der Waals surface area contributed by atoms with Gasteiger partial charge in [-0.05, 0) is 48.5 Å². The standard InChI is InChI=1S/C25H19N7O2S/c26-13-16-14-29-25(31-24(16)22-15-28-23-7-2-1-6-21(22)23)30-18-4-3-5-19(12-18)32-35(33,34)20-10-8-17(27)9-11-20/h1-12,14-15,28,32H,27H2,(H,29,30,31). The number of benzene rings is 3. The summed E-state index contributed by atoms with van der Waals surface area (Å²) < 4.78 is 28.0. The molecule has 2 heterocycles. The summed E-state index contributed by atoms with van der Waals surface area (Å²) in [5, 5.41) is 13.6. The second-order valence-electron chi connectivity index (χ2n) is 7.70. The number of para-hydroxylation sites is 1. The normalized spacial score (nSPS) is 11.2. The second-order valence-corrected chi connectivity index (χ2v) is 9.38. The van der Waals surface area contributed by atoms with Gasteiger partial charge in [-0.3, -0.25) is 4.72 Å². The minimum atomic E-state index is -3.79. The smallest absolute Gasteiger partial charge is 0.261 e. The largest absolute Gasteiger partial charge is 0.399 e. The zero-order chi connectivity index (χ0) is 24.4. The highest BCUT2D eigenvalue weighted by Gasteiger charge is 2.16. The number of nitrogens with one attached hydrogen (secondary N) is 3. The van der Waals surface area contributed by atoms with Gasteiger partial charge in [-0.25, -0.2) is 18.4 Å². The quantitative estimate of drug-likeness (QED) is 0.258. The van der Waals surface area contributed by atoms with Crippen LogP contribution in [0.3, 0.4) is 0 Å². The fourth-order valence-electron chi connectivity index (χ4n) is 3.65. The van der Waals surface area contributed by atoms with Gasteiger partial charge in [-0.2, -0.15) is 5.26 Å². The minimum Gasteiger partial charge on any atom is -0.399 e. The van der Waals surface area contributed by atoms with E-state index in [9.17, 15) is 13.7 Å². The van der Waals surface area contributed by atoms with E-state index in [0.29, 0.717) is 28.3 Å². The lowest BCUT2D eigenvalue weighted by atomic mass is 10.1. The molecule has 2 aromatic heterocycles. The third-order valence-electron chi connectivity index (χ3n) is 5.31. The van der Waals surface area contributed by atoms with Crippen molar-refractivity contribution in [3.05, 3.63) is 90.8 Å². The maximum Gasteiger partial charge on any atom is 0.261 e. The van der Waals surface area contributed by atoms with E-state index < -0.39 is 10.0 Å². The van der Waals surface area contributed by atoms with Crippen molar-refractivity contribution in [3.8, 4) is 17.3 Å². The Labute approximate surface area is 201 Å². The van der Waals surface area contributed by atoms with Crippen LogP contribution >= 0.6 is 0 Å². The van der Waals surface area contributed by atoms with E-state index in [1.54, 1.807) is 24.3 Å². The summed E-state index contributed by atoms with van der Waals surface area (Å²) in [5.41, 5.74) is 9.59. The Morgan fingerprint density at radius 1 is 0.971 bits per heavy atom. The van der Waals surface area contributed by atoms with E-state index in [-0.39, 0.29) is 10.8 Å². The fraction of sp³-hybridized carbons (Fsp3) is 0. The average Bonchev–Trinajstić information content (AvgIpc) is 3.28. The molecule has 0 aliphatic rings. The van der Waals surface area contributed by atoms with Crippen LogP contribution in [0, 0.1) is 11.3 Å². The third-order valence-corrected chi connectivity index (χ3v) is 6.71. The highest BCUT2D eigenvalue weighted by atomic mass is 32.2. The highest BCUT2D eigenvalue weighted by molar-refractivity contribution is 7.92. The first-order chi connectivity index (χ1) is 16.9. The van der Waals surface area contributed by atoms with Gasteiger partial charge in [-0.1, -0.05) is 24.3 Å². The van der Waals surface area contributed by atoms with Crippen molar-refractivity contribution in [2.24, 2.45) is 0 Å². The highest BCUT2D eigenvalue weighted by Crippen LogP contribution is 2.30. The number of nitrogen functional groups attached to an aromatic ring is 1. The van der Waals surface area contributed by atoms with Gasteiger partial charge >= 0.3 is 0 Å². The molecule has 5 rings (SSSR count). The Balaban J connectivity index is 1.43. The molecule has 9 nitrogen and oxygen atoms in total. The molecule has 0 saturated carbocycles. The Hall–Kier alpha value is -4.88. The third kappa shape index (κ3) is 4.48. The first-order valence-corrected chi connectivity index (χ1v) is 12.0. The SMILES string of the molecule is N#Cc1cnc(Nc2cccc(NS(=O)(=O)c3ccc(N)cc3)c2)nc1-c1c[nH]c2ccccc12. The molecule has 0 radical (unpaired) electrons. The van der Waals surface area contributed by atoms with Crippen LogP contribution in [0.25, 0.3) is 22.2 Å². The van der Waals surface area contributed by atoms with Crippen LogP contribution < -0.4 is 15.8 Å². The molecule has 0 bridgehead atoms. The molecule has 0 aliphatic carbocycles. The number of H-pyrrole nitrogens is 1. The number of aromatic nitrogens is 3. The summed E-state index contributed by atoms with van der Waals surface area (Å²) >= 11 is 0. The first kappa shape index (κ1) is 21.9. The Bertz CT molecular complexity index is 1690. The molecule has 172 valence electrons. The summed E-state index contributed by atoms with van der Waals surface area (Å²) in [5.74, 6) is 0.267. The van der Waals surface area contributed by atoms with E-state index in [1.807, 2.05) is 30.5 Å². The van der Waals surface area contributed by atoms with E-state index in [4.69, 9.17) is 5.73 Å². The first-order valence-electron chi connectivity index (χ1n) is 10.5. The fourth-order valence-corrected chi connectivity index (χ4v) is 4.70. The van der Waals surface area contributed by atoms with Crippen LogP contribution in [-0.4, -0.2) is 23.4 Å². The zero-order valence-electron chi connectivity index (χ0n) is 18.2. The molecule has 5 N–H and O–H groups in total. The van der Waals surface area contributed by atoms with E-state index in [1.165, 1.54) is 30.5 Å². The van der Waals surface area contributed by atoms with Gasteiger partial charge in [0.25, 0.3) is 10.0 Å². The second kappa shape index (κ2) is 8.81. The Kier molecular flexibility index (Phi) is 5.52. The van der Waals surface area contributed by atoms with Crippen LogP contribution in [0.4, 0.5) is 23.0 Å². The molecule has 0 spiro atoms. The number of hydrogen-bond acceptors (Lipinski definition) is 7. The average molecular weight is 482 g/mol. The van der Waals surface area contributed by atoms with Crippen molar-refractivity contribution >= 4 is 43.9 Å². The number of nitrogens with zero attached hydrogens (tertiary/aromatic N) is 3. The monoisotopic (exact) mass is 481 g/mol. The molecule has 0 unspecified atom stereocenters. The summed E-state index contributed by atoms with van der Waals surface area (Å²) in [7, 11) is -3.79. The molecule has 0 saturated heterocycles. The predicted octanol–water partition coefficient (Wildman–Crippen LogP) is 4.62. The van der Waals surface area contributed by atoms with Gasteiger partial charge in [0.05, 0.1) is 28.0 Å². The number of anilines is 4. The Morgan fingerprint density at radius 2 is 1.74 bits per heavy atom. The number of hydrogen-bond donors (Lipinski definition) is 4. The van der Waals surface area contributed by atoms with Crippen molar-refractivity contribution in [3.63, 3.8) is 0 Å². The van der Waals surface area contributed by atoms with Crippen LogP contribution in [0.1, 0.15) is 5.56 Å². The zero-order valence-corrected chi connectivity index (χ0v) is 19.0. The summed E-state index contributed by atoms with van der Waals surface area (Å²) in [4.78, 5) is 12.1. The topological polar surface area (TPSA) is 150 Å². The van der Waals surface area contributed by atoms with E-state index in [0.717, 1.165) is 16.5 Å². The summed E-state index contributed by atoms with van der Waals surface area (Å²) in [6.07, 6.45) is 3.27. The summed E-state index contributed by atoms with van der Waals surface area (Å²) in [6, 6.07) is 22.5. The van der Waals surface area contributed by atoms with Gasteiger partial charge in [0.1, 0.15) is 6.07 Å². The number of nitriles is 1. The molecule has 0 amide bonds. The molecular formula is C25H19N7O2S. The van der Waals surface area contributed by atoms with Crippen molar-refractivity contribution in [1.82, 2.24) is 15.0 Å². The molecule has 35 heavy (non-hydrogen) atoms. The van der Waals surface area contributed by atoms with Crippen LogP contribution in [-0.2, 0) is 10.0 Å². The number of sulfonamides is 1. The van der Waals surface area contributed by atoms with Crippen LogP contribution in [0.2, 0.25) is 0 Å². The van der Waals surface area contributed by atoms with Crippen molar-refractivity contribution in [2.45, 2.75) is 4.90 Å². The number of nitrogens with two attached hydrogens (primary N) is 1. The molecule has 5 aromatic rings. The predicted molar refractivity (Wildman–Crippen MR) is 135 cm³/mol. The lowest BCUT2D eigenvalue weighted by Gasteiger charge is -2.11. The van der Waals surface area contributed by atoms with Gasteiger partial charge in [0.15, 0.2) is 0 Å². The van der Waals surface area contributed by atoms with Gasteiger partial charge in [-0.15, -0.1) is 0 Å². The minimum absolute atomic E-state index is 0.101. The Morgan fingerprint density at radius 3 is 2.54 bits per heavy atom. The lowest BCUT2D eigenvalue weighted by Crippen LogP contribution is -2.13. The van der Waals surface area contributed by atoms with E-state index in [2.05, 4.69) is 31.1 Å². The van der Waals surface area contributed by atoms with Gasteiger partial charge < -0.3 is 16.0 Å². The number of fused-ring (bicyclic) bond motifs is 1. The molecule has 0 fully saturated rings.